The first-order valence-corrected chi connectivity index (χ1v) is 8.00. The van der Waals surface area contributed by atoms with Gasteiger partial charge in [-0.3, -0.25) is 4.79 Å². The molecule has 0 aromatic heterocycles. The number of nitrogens with zero attached hydrogens (tertiary/aromatic N) is 1. The van der Waals surface area contributed by atoms with Crippen LogP contribution in [0.25, 0.3) is 0 Å². The Morgan fingerprint density at radius 1 is 1.00 bits per heavy atom. The SMILES string of the molecule is COc1cccc([C@@H]2[C@H](N)C(=O)N2Cc2ccc(OC)c(OC)c2)c1. The van der Waals surface area contributed by atoms with Crippen LogP contribution in [0.15, 0.2) is 42.5 Å². The Morgan fingerprint density at radius 3 is 2.44 bits per heavy atom. The molecule has 1 heterocycles. The van der Waals surface area contributed by atoms with Gasteiger partial charge in [0.2, 0.25) is 5.91 Å². The van der Waals surface area contributed by atoms with Crippen molar-refractivity contribution < 1.29 is 19.0 Å². The van der Waals surface area contributed by atoms with Gasteiger partial charge in [-0.1, -0.05) is 18.2 Å². The first-order chi connectivity index (χ1) is 12.1. The molecular weight excluding hydrogens is 320 g/mol. The van der Waals surface area contributed by atoms with Gasteiger partial charge in [0.1, 0.15) is 11.8 Å². The van der Waals surface area contributed by atoms with Gasteiger partial charge >= 0.3 is 0 Å². The minimum absolute atomic E-state index is 0.0670. The van der Waals surface area contributed by atoms with Crippen molar-refractivity contribution in [1.82, 2.24) is 4.90 Å². The molecule has 1 aliphatic rings. The average molecular weight is 342 g/mol. The molecule has 0 bridgehead atoms. The summed E-state index contributed by atoms with van der Waals surface area (Å²) in [6.45, 7) is 0.453. The van der Waals surface area contributed by atoms with E-state index in [2.05, 4.69) is 0 Å². The second-order valence-corrected chi connectivity index (χ2v) is 5.90. The van der Waals surface area contributed by atoms with E-state index in [-0.39, 0.29) is 11.9 Å². The summed E-state index contributed by atoms with van der Waals surface area (Å²) in [4.78, 5) is 14.1. The van der Waals surface area contributed by atoms with Crippen LogP contribution in [0.5, 0.6) is 17.2 Å². The number of benzene rings is 2. The standard InChI is InChI=1S/C19H22N2O4/c1-23-14-6-4-5-13(10-14)18-17(20)19(22)21(18)11-12-7-8-15(24-2)16(9-12)25-3/h4-10,17-18H,11,20H2,1-3H3/t17-,18+/m0/s1. The molecule has 2 aromatic carbocycles. The maximum atomic E-state index is 12.3. The summed E-state index contributed by atoms with van der Waals surface area (Å²) in [6.07, 6.45) is 0. The van der Waals surface area contributed by atoms with E-state index in [1.165, 1.54) is 0 Å². The molecular formula is C19H22N2O4. The van der Waals surface area contributed by atoms with Gasteiger partial charge in [-0.2, -0.15) is 0 Å². The molecule has 1 amide bonds. The Bertz CT molecular complexity index is 778. The first-order valence-electron chi connectivity index (χ1n) is 8.00. The number of likely N-dealkylation sites (tertiary alicyclic amines) is 1. The lowest BCUT2D eigenvalue weighted by Crippen LogP contribution is -2.62. The Balaban J connectivity index is 1.84. The summed E-state index contributed by atoms with van der Waals surface area (Å²) >= 11 is 0. The second kappa shape index (κ2) is 7.03. The molecule has 1 saturated heterocycles. The fourth-order valence-electron chi connectivity index (χ4n) is 3.14. The minimum Gasteiger partial charge on any atom is -0.497 e. The fraction of sp³-hybridized carbons (Fsp3) is 0.316. The van der Waals surface area contributed by atoms with E-state index in [1.807, 2.05) is 42.5 Å². The monoisotopic (exact) mass is 342 g/mol. The van der Waals surface area contributed by atoms with Crippen molar-refractivity contribution in [3.63, 3.8) is 0 Å². The number of ether oxygens (including phenoxy) is 3. The van der Waals surface area contributed by atoms with Crippen LogP contribution in [-0.4, -0.2) is 38.2 Å². The number of carbonyl (C=O) groups excluding carboxylic acids is 1. The lowest BCUT2D eigenvalue weighted by Gasteiger charge is -2.46. The van der Waals surface area contributed by atoms with Crippen LogP contribution < -0.4 is 19.9 Å². The Hall–Kier alpha value is -2.73. The number of amides is 1. The second-order valence-electron chi connectivity index (χ2n) is 5.90. The van der Waals surface area contributed by atoms with E-state index in [0.29, 0.717) is 18.0 Å². The number of hydrogen-bond donors (Lipinski definition) is 1. The van der Waals surface area contributed by atoms with Gasteiger partial charge < -0.3 is 24.8 Å². The van der Waals surface area contributed by atoms with Crippen molar-refractivity contribution in [2.75, 3.05) is 21.3 Å². The Labute approximate surface area is 147 Å². The summed E-state index contributed by atoms with van der Waals surface area (Å²) in [6, 6.07) is 12.6. The largest absolute Gasteiger partial charge is 0.497 e. The van der Waals surface area contributed by atoms with Gasteiger partial charge in [-0.15, -0.1) is 0 Å². The maximum Gasteiger partial charge on any atom is 0.242 e. The molecule has 132 valence electrons. The zero-order chi connectivity index (χ0) is 18.0. The molecule has 0 saturated carbocycles. The van der Waals surface area contributed by atoms with Crippen LogP contribution >= 0.6 is 0 Å². The van der Waals surface area contributed by atoms with E-state index in [1.54, 1.807) is 26.2 Å². The van der Waals surface area contributed by atoms with E-state index in [0.717, 1.165) is 16.9 Å². The third-order valence-electron chi connectivity index (χ3n) is 4.48. The summed E-state index contributed by atoms with van der Waals surface area (Å²) in [7, 11) is 4.80. The molecule has 0 spiro atoms. The molecule has 3 rings (SSSR count). The quantitative estimate of drug-likeness (QED) is 0.814. The highest BCUT2D eigenvalue weighted by Gasteiger charge is 2.45. The normalized spacial score (nSPS) is 19.4. The highest BCUT2D eigenvalue weighted by Crippen LogP contribution is 2.37. The lowest BCUT2D eigenvalue weighted by atomic mass is 9.88. The van der Waals surface area contributed by atoms with Crippen molar-refractivity contribution in [2.24, 2.45) is 5.73 Å². The molecule has 1 fully saturated rings. The Kier molecular flexibility index (Phi) is 4.81. The van der Waals surface area contributed by atoms with E-state index >= 15 is 0 Å². The molecule has 0 radical (unpaired) electrons. The predicted octanol–water partition coefficient (Wildman–Crippen LogP) is 2.12. The fourth-order valence-corrected chi connectivity index (χ4v) is 3.14. The van der Waals surface area contributed by atoms with Crippen LogP contribution in [0.3, 0.4) is 0 Å². The van der Waals surface area contributed by atoms with Crippen molar-refractivity contribution in [3.05, 3.63) is 53.6 Å². The number of rotatable bonds is 6. The van der Waals surface area contributed by atoms with Gasteiger partial charge in [0.25, 0.3) is 0 Å². The van der Waals surface area contributed by atoms with Crippen LogP contribution in [0.4, 0.5) is 0 Å². The summed E-state index contributed by atoms with van der Waals surface area (Å²) in [5, 5.41) is 0. The van der Waals surface area contributed by atoms with E-state index in [4.69, 9.17) is 19.9 Å². The van der Waals surface area contributed by atoms with Crippen LogP contribution in [0, 0.1) is 0 Å². The lowest BCUT2D eigenvalue weighted by molar-refractivity contribution is -0.150. The molecule has 2 atom stereocenters. The molecule has 2 N–H and O–H groups in total. The van der Waals surface area contributed by atoms with Crippen molar-refractivity contribution in [2.45, 2.75) is 18.6 Å². The first kappa shape index (κ1) is 17.1. The highest BCUT2D eigenvalue weighted by molar-refractivity contribution is 5.89. The topological polar surface area (TPSA) is 74.0 Å². The summed E-state index contributed by atoms with van der Waals surface area (Å²) in [5.41, 5.74) is 7.97. The van der Waals surface area contributed by atoms with Crippen molar-refractivity contribution in [1.29, 1.82) is 0 Å². The van der Waals surface area contributed by atoms with Crippen molar-refractivity contribution in [3.8, 4) is 17.2 Å². The molecule has 2 aromatic rings. The third-order valence-corrected chi connectivity index (χ3v) is 4.48. The number of methoxy groups -OCH3 is 3. The van der Waals surface area contributed by atoms with Gasteiger partial charge in [0, 0.05) is 6.54 Å². The number of β-lactam (4-membered cyclic amide) rings is 1. The van der Waals surface area contributed by atoms with Crippen LogP contribution in [0.1, 0.15) is 17.2 Å². The Morgan fingerprint density at radius 2 is 1.76 bits per heavy atom. The van der Waals surface area contributed by atoms with E-state index in [9.17, 15) is 4.79 Å². The van der Waals surface area contributed by atoms with E-state index < -0.39 is 6.04 Å². The summed E-state index contributed by atoms with van der Waals surface area (Å²) in [5.74, 6) is 1.97. The van der Waals surface area contributed by atoms with Gasteiger partial charge in [-0.25, -0.2) is 0 Å². The zero-order valence-corrected chi connectivity index (χ0v) is 14.6. The maximum absolute atomic E-state index is 12.3. The third kappa shape index (κ3) is 3.13. The number of hydrogen-bond acceptors (Lipinski definition) is 5. The number of carbonyl (C=O) groups is 1. The van der Waals surface area contributed by atoms with Gasteiger partial charge in [-0.05, 0) is 35.4 Å². The van der Waals surface area contributed by atoms with Crippen LogP contribution in [-0.2, 0) is 11.3 Å². The molecule has 6 heteroatoms. The average Bonchev–Trinajstić information content (AvgIpc) is 2.67. The molecule has 25 heavy (non-hydrogen) atoms. The minimum atomic E-state index is -0.535. The zero-order valence-electron chi connectivity index (χ0n) is 14.6. The smallest absolute Gasteiger partial charge is 0.242 e. The van der Waals surface area contributed by atoms with Crippen molar-refractivity contribution >= 4 is 5.91 Å². The number of nitrogens with two attached hydrogens (primary N) is 1. The van der Waals surface area contributed by atoms with Gasteiger partial charge in [0.15, 0.2) is 11.5 Å². The molecule has 0 unspecified atom stereocenters. The molecule has 6 nitrogen and oxygen atoms in total. The predicted molar refractivity (Wildman–Crippen MR) is 93.8 cm³/mol. The van der Waals surface area contributed by atoms with Gasteiger partial charge in [0.05, 0.1) is 27.4 Å². The highest BCUT2D eigenvalue weighted by atomic mass is 16.5. The summed E-state index contributed by atoms with van der Waals surface area (Å²) < 4.78 is 15.9. The molecule has 0 aliphatic carbocycles. The molecule has 1 aliphatic heterocycles. The van der Waals surface area contributed by atoms with Crippen LogP contribution in [0.2, 0.25) is 0 Å².